The summed E-state index contributed by atoms with van der Waals surface area (Å²) in [7, 11) is 2.86. The van der Waals surface area contributed by atoms with Crippen LogP contribution in [0.25, 0.3) is 0 Å². The molecule has 0 unspecified atom stereocenters. The van der Waals surface area contributed by atoms with Gasteiger partial charge in [-0.15, -0.1) is 0 Å². The van der Waals surface area contributed by atoms with E-state index in [1.807, 2.05) is 12.1 Å². The summed E-state index contributed by atoms with van der Waals surface area (Å²) < 4.78 is 10.4. The molecule has 9 heteroatoms. The van der Waals surface area contributed by atoms with Crippen LogP contribution in [0.1, 0.15) is 10.4 Å². The lowest BCUT2D eigenvalue weighted by molar-refractivity contribution is 0.0961. The standard InChI is InChI=1S/C21H18ClN3O4S/c1-28-16-4-3-5-17(29-2)19(16)20(26)25-21(27)24-14-8-11-18(23-12-14)30-15-9-6-13(22)7-10-15/h3-12H,1-2H3,(H2,24,25,26,27). The van der Waals surface area contributed by atoms with E-state index in [0.29, 0.717) is 22.2 Å². The Morgan fingerprint density at radius 1 is 0.967 bits per heavy atom. The van der Waals surface area contributed by atoms with Crippen molar-refractivity contribution in [3.63, 3.8) is 0 Å². The van der Waals surface area contributed by atoms with Crippen LogP contribution in [0.5, 0.6) is 11.5 Å². The van der Waals surface area contributed by atoms with Gasteiger partial charge in [-0.3, -0.25) is 10.1 Å². The third kappa shape index (κ3) is 5.43. The Labute approximate surface area is 182 Å². The summed E-state index contributed by atoms with van der Waals surface area (Å²) in [6.07, 6.45) is 1.51. The molecule has 1 heterocycles. The molecule has 2 aromatic carbocycles. The predicted octanol–water partition coefficient (Wildman–Crippen LogP) is 4.87. The number of rotatable bonds is 6. The van der Waals surface area contributed by atoms with Crippen LogP contribution in [0.15, 0.2) is 70.7 Å². The number of carbonyl (C=O) groups is 2. The normalized spacial score (nSPS) is 10.2. The van der Waals surface area contributed by atoms with Crippen molar-refractivity contribution in [3.8, 4) is 11.5 Å². The minimum absolute atomic E-state index is 0.130. The fourth-order valence-electron chi connectivity index (χ4n) is 2.54. The van der Waals surface area contributed by atoms with E-state index in [4.69, 9.17) is 21.1 Å². The van der Waals surface area contributed by atoms with Gasteiger partial charge in [-0.05, 0) is 48.5 Å². The summed E-state index contributed by atoms with van der Waals surface area (Å²) in [5.74, 6) is -0.0561. The second-order valence-corrected chi connectivity index (χ2v) is 7.42. The Kier molecular flexibility index (Phi) is 7.16. The van der Waals surface area contributed by atoms with Gasteiger partial charge in [0, 0.05) is 9.92 Å². The highest BCUT2D eigenvalue weighted by molar-refractivity contribution is 7.99. The molecule has 0 fully saturated rings. The van der Waals surface area contributed by atoms with E-state index in [-0.39, 0.29) is 5.56 Å². The van der Waals surface area contributed by atoms with Crippen molar-refractivity contribution < 1.29 is 19.1 Å². The number of hydrogen-bond donors (Lipinski definition) is 2. The van der Waals surface area contributed by atoms with Crippen molar-refractivity contribution in [1.82, 2.24) is 10.3 Å². The Balaban J connectivity index is 1.62. The third-order valence-electron chi connectivity index (χ3n) is 3.91. The highest BCUT2D eigenvalue weighted by Crippen LogP contribution is 2.29. The molecule has 0 saturated heterocycles. The molecule has 3 rings (SSSR count). The number of anilines is 1. The topological polar surface area (TPSA) is 89.5 Å². The van der Waals surface area contributed by atoms with Gasteiger partial charge in [0.1, 0.15) is 22.1 Å². The number of urea groups is 1. The molecule has 0 aliphatic carbocycles. The SMILES string of the molecule is COc1cccc(OC)c1C(=O)NC(=O)Nc1ccc(Sc2ccc(Cl)cc2)nc1. The van der Waals surface area contributed by atoms with Crippen molar-refractivity contribution >= 4 is 41.0 Å². The van der Waals surface area contributed by atoms with Gasteiger partial charge in [0.25, 0.3) is 5.91 Å². The number of methoxy groups -OCH3 is 2. The monoisotopic (exact) mass is 443 g/mol. The van der Waals surface area contributed by atoms with Crippen LogP contribution in [0.4, 0.5) is 10.5 Å². The minimum Gasteiger partial charge on any atom is -0.496 e. The molecule has 154 valence electrons. The lowest BCUT2D eigenvalue weighted by Gasteiger charge is -2.13. The number of pyridine rings is 1. The van der Waals surface area contributed by atoms with Crippen molar-refractivity contribution in [2.45, 2.75) is 9.92 Å². The van der Waals surface area contributed by atoms with Gasteiger partial charge in [0.05, 0.1) is 26.1 Å². The van der Waals surface area contributed by atoms with Crippen LogP contribution >= 0.6 is 23.4 Å². The van der Waals surface area contributed by atoms with Crippen LogP contribution < -0.4 is 20.1 Å². The molecule has 1 aromatic heterocycles. The number of amides is 3. The zero-order chi connectivity index (χ0) is 21.5. The van der Waals surface area contributed by atoms with E-state index in [0.717, 1.165) is 9.92 Å². The summed E-state index contributed by atoms with van der Waals surface area (Å²) >= 11 is 7.34. The summed E-state index contributed by atoms with van der Waals surface area (Å²) in [5, 5.41) is 6.25. The maximum absolute atomic E-state index is 12.5. The van der Waals surface area contributed by atoms with E-state index in [1.165, 1.54) is 32.2 Å². The van der Waals surface area contributed by atoms with Crippen molar-refractivity contribution in [2.24, 2.45) is 0 Å². The number of imide groups is 1. The molecule has 3 amide bonds. The third-order valence-corrected chi connectivity index (χ3v) is 5.12. The van der Waals surface area contributed by atoms with E-state index < -0.39 is 11.9 Å². The molecular weight excluding hydrogens is 426 g/mol. The van der Waals surface area contributed by atoms with Gasteiger partial charge >= 0.3 is 6.03 Å². The van der Waals surface area contributed by atoms with Crippen molar-refractivity contribution in [2.75, 3.05) is 19.5 Å². The van der Waals surface area contributed by atoms with E-state index >= 15 is 0 Å². The zero-order valence-corrected chi connectivity index (χ0v) is 17.7. The number of ether oxygens (including phenoxy) is 2. The van der Waals surface area contributed by atoms with Gasteiger partial charge in [-0.25, -0.2) is 9.78 Å². The largest absolute Gasteiger partial charge is 0.496 e. The lowest BCUT2D eigenvalue weighted by Crippen LogP contribution is -2.34. The lowest BCUT2D eigenvalue weighted by atomic mass is 10.1. The number of nitrogens with one attached hydrogen (secondary N) is 2. The van der Waals surface area contributed by atoms with Crippen LogP contribution in [-0.4, -0.2) is 31.1 Å². The van der Waals surface area contributed by atoms with E-state index in [1.54, 1.807) is 42.5 Å². The van der Waals surface area contributed by atoms with Crippen LogP contribution in [0.2, 0.25) is 5.02 Å². The molecule has 0 atom stereocenters. The molecular formula is C21H18ClN3O4S. The summed E-state index contributed by atoms with van der Waals surface area (Å²) in [6.45, 7) is 0. The van der Waals surface area contributed by atoms with E-state index in [9.17, 15) is 9.59 Å². The minimum atomic E-state index is -0.701. The highest BCUT2D eigenvalue weighted by atomic mass is 35.5. The number of benzene rings is 2. The summed E-state index contributed by atoms with van der Waals surface area (Å²) in [6, 6.07) is 15.1. The fraction of sp³-hybridized carbons (Fsp3) is 0.0952. The van der Waals surface area contributed by atoms with Crippen LogP contribution in [0, 0.1) is 0 Å². The molecule has 0 aliphatic heterocycles. The second kappa shape index (κ2) is 10.00. The molecule has 2 N–H and O–H groups in total. The Bertz CT molecular complexity index is 1020. The van der Waals surface area contributed by atoms with Gasteiger partial charge in [0.2, 0.25) is 0 Å². The molecule has 0 radical (unpaired) electrons. The Morgan fingerprint density at radius 2 is 1.63 bits per heavy atom. The maximum atomic E-state index is 12.5. The Morgan fingerprint density at radius 3 is 2.20 bits per heavy atom. The first-order chi connectivity index (χ1) is 14.5. The molecule has 0 saturated carbocycles. The predicted molar refractivity (Wildman–Crippen MR) is 116 cm³/mol. The average molecular weight is 444 g/mol. The molecule has 0 bridgehead atoms. The number of hydrogen-bond acceptors (Lipinski definition) is 6. The maximum Gasteiger partial charge on any atom is 0.326 e. The first-order valence-electron chi connectivity index (χ1n) is 8.73. The quantitative estimate of drug-likeness (QED) is 0.565. The first kappa shape index (κ1) is 21.5. The summed E-state index contributed by atoms with van der Waals surface area (Å²) in [4.78, 5) is 30.1. The second-order valence-electron chi connectivity index (χ2n) is 5.89. The zero-order valence-electron chi connectivity index (χ0n) is 16.1. The Hall–Kier alpha value is -3.23. The number of nitrogens with zero attached hydrogens (tertiary/aromatic N) is 1. The molecule has 0 spiro atoms. The molecule has 3 aromatic rings. The van der Waals surface area contributed by atoms with Gasteiger partial charge in [-0.2, -0.15) is 0 Å². The average Bonchev–Trinajstić information content (AvgIpc) is 2.75. The van der Waals surface area contributed by atoms with Gasteiger partial charge in [0.15, 0.2) is 0 Å². The number of halogens is 1. The summed E-state index contributed by atoms with van der Waals surface area (Å²) in [5.41, 5.74) is 0.568. The smallest absolute Gasteiger partial charge is 0.326 e. The van der Waals surface area contributed by atoms with Crippen LogP contribution in [0.3, 0.4) is 0 Å². The van der Waals surface area contributed by atoms with Crippen molar-refractivity contribution in [3.05, 3.63) is 71.4 Å². The molecule has 0 aliphatic rings. The first-order valence-corrected chi connectivity index (χ1v) is 9.92. The number of aromatic nitrogens is 1. The fourth-order valence-corrected chi connectivity index (χ4v) is 3.42. The van der Waals surface area contributed by atoms with Crippen molar-refractivity contribution in [1.29, 1.82) is 0 Å². The van der Waals surface area contributed by atoms with Gasteiger partial charge < -0.3 is 14.8 Å². The van der Waals surface area contributed by atoms with Crippen LogP contribution in [-0.2, 0) is 0 Å². The molecule has 7 nitrogen and oxygen atoms in total. The molecule has 30 heavy (non-hydrogen) atoms. The van der Waals surface area contributed by atoms with Gasteiger partial charge in [-0.1, -0.05) is 29.4 Å². The number of carbonyl (C=O) groups excluding carboxylic acids is 2. The highest BCUT2D eigenvalue weighted by Gasteiger charge is 2.20. The van der Waals surface area contributed by atoms with E-state index in [2.05, 4.69) is 15.6 Å².